The fourth-order valence-corrected chi connectivity index (χ4v) is 2.87. The minimum Gasteiger partial charge on any atom is -0.378 e. The van der Waals surface area contributed by atoms with Gasteiger partial charge in [-0.2, -0.15) is 5.10 Å². The van der Waals surface area contributed by atoms with Crippen molar-refractivity contribution in [2.75, 3.05) is 36.5 Å². The first-order chi connectivity index (χ1) is 13.5. The minimum absolute atomic E-state index is 0.00443. The molecule has 1 aliphatic heterocycles. The Morgan fingerprint density at radius 3 is 2.71 bits per heavy atom. The fourth-order valence-electron chi connectivity index (χ4n) is 2.87. The third-order valence-electron chi connectivity index (χ3n) is 4.32. The van der Waals surface area contributed by atoms with Crippen LogP contribution in [0.15, 0.2) is 47.6 Å². The Morgan fingerprint density at radius 2 is 2.00 bits per heavy atom. The molecule has 2 aromatic carbocycles. The van der Waals surface area contributed by atoms with Crippen LogP contribution in [0.3, 0.4) is 0 Å². The molecule has 1 heterocycles. The summed E-state index contributed by atoms with van der Waals surface area (Å²) in [7, 11) is 0. The number of rotatable bonds is 5. The average molecular weight is 383 g/mol. The lowest BCUT2D eigenvalue weighted by atomic mass is 10.1. The second-order valence-electron chi connectivity index (χ2n) is 6.24. The summed E-state index contributed by atoms with van der Waals surface area (Å²) in [5, 5.41) is 18.0. The van der Waals surface area contributed by atoms with Crippen molar-refractivity contribution >= 4 is 29.3 Å². The van der Waals surface area contributed by atoms with Crippen LogP contribution in [0.2, 0.25) is 0 Å². The van der Waals surface area contributed by atoms with Crippen molar-refractivity contribution in [3.63, 3.8) is 0 Å². The lowest BCUT2D eigenvalue weighted by Gasteiger charge is -2.28. The molecule has 0 aliphatic carbocycles. The zero-order chi connectivity index (χ0) is 19.9. The van der Waals surface area contributed by atoms with Gasteiger partial charge in [-0.05, 0) is 24.6 Å². The predicted octanol–water partition coefficient (Wildman–Crippen LogP) is 2.90. The largest absolute Gasteiger partial charge is 0.378 e. The molecule has 9 heteroatoms. The Bertz CT molecular complexity index is 894. The van der Waals surface area contributed by atoms with Gasteiger partial charge in [-0.1, -0.05) is 24.3 Å². The minimum atomic E-state index is -0.495. The van der Waals surface area contributed by atoms with E-state index in [0.717, 1.165) is 5.56 Å². The maximum atomic E-state index is 11.9. The van der Waals surface area contributed by atoms with E-state index in [-0.39, 0.29) is 5.69 Å². The number of nitro benzene ring substituents is 1. The van der Waals surface area contributed by atoms with E-state index in [0.29, 0.717) is 43.2 Å². The third kappa shape index (κ3) is 4.83. The molecule has 9 nitrogen and oxygen atoms in total. The number of amides is 2. The van der Waals surface area contributed by atoms with E-state index in [4.69, 9.17) is 4.74 Å². The molecule has 1 saturated heterocycles. The zero-order valence-electron chi connectivity index (χ0n) is 15.4. The highest BCUT2D eigenvalue weighted by Gasteiger charge is 2.21. The molecule has 1 fully saturated rings. The second kappa shape index (κ2) is 8.96. The second-order valence-corrected chi connectivity index (χ2v) is 6.24. The lowest BCUT2D eigenvalue weighted by molar-refractivity contribution is -0.384. The number of nitrogens with zero attached hydrogens (tertiary/aromatic N) is 3. The molecule has 2 aromatic rings. The number of urea groups is 1. The van der Waals surface area contributed by atoms with Crippen LogP contribution in [0, 0.1) is 17.0 Å². The van der Waals surface area contributed by atoms with E-state index in [9.17, 15) is 14.9 Å². The Labute approximate surface area is 162 Å². The van der Waals surface area contributed by atoms with Crippen molar-refractivity contribution in [3.8, 4) is 0 Å². The Kier molecular flexibility index (Phi) is 6.18. The Morgan fingerprint density at radius 1 is 1.25 bits per heavy atom. The van der Waals surface area contributed by atoms with Crippen LogP contribution < -0.4 is 15.6 Å². The smallest absolute Gasteiger partial charge is 0.339 e. The molecule has 0 radical (unpaired) electrons. The molecular weight excluding hydrogens is 362 g/mol. The van der Waals surface area contributed by atoms with Crippen LogP contribution >= 0.6 is 0 Å². The predicted molar refractivity (Wildman–Crippen MR) is 107 cm³/mol. The van der Waals surface area contributed by atoms with Crippen LogP contribution in [0.1, 0.15) is 11.1 Å². The lowest BCUT2D eigenvalue weighted by Crippen LogP contribution is -2.36. The van der Waals surface area contributed by atoms with Gasteiger partial charge in [0.05, 0.1) is 24.4 Å². The van der Waals surface area contributed by atoms with Crippen molar-refractivity contribution in [1.82, 2.24) is 5.43 Å². The van der Waals surface area contributed by atoms with E-state index in [1.165, 1.54) is 12.3 Å². The summed E-state index contributed by atoms with van der Waals surface area (Å²) >= 11 is 0. The molecule has 0 atom stereocenters. The number of hydrazone groups is 1. The number of morpholine rings is 1. The topological polar surface area (TPSA) is 109 Å². The van der Waals surface area contributed by atoms with E-state index >= 15 is 0 Å². The quantitative estimate of drug-likeness (QED) is 0.469. The molecule has 0 spiro atoms. The first-order valence-electron chi connectivity index (χ1n) is 8.81. The van der Waals surface area contributed by atoms with Gasteiger partial charge < -0.3 is 15.0 Å². The maximum Gasteiger partial charge on any atom is 0.339 e. The fraction of sp³-hybridized carbons (Fsp3) is 0.263. The molecule has 2 N–H and O–H groups in total. The summed E-state index contributed by atoms with van der Waals surface area (Å²) in [5.74, 6) is 0. The number of aryl methyl sites for hydroxylation is 1. The first-order valence-corrected chi connectivity index (χ1v) is 8.81. The highest BCUT2D eigenvalue weighted by molar-refractivity contribution is 5.91. The van der Waals surface area contributed by atoms with Crippen molar-refractivity contribution in [2.45, 2.75) is 6.92 Å². The highest BCUT2D eigenvalue weighted by Crippen LogP contribution is 2.29. The summed E-state index contributed by atoms with van der Waals surface area (Å²) in [6, 6.07) is 11.7. The number of hydrogen-bond acceptors (Lipinski definition) is 6. The number of benzene rings is 2. The van der Waals surface area contributed by atoms with Crippen molar-refractivity contribution in [3.05, 3.63) is 63.7 Å². The molecule has 0 bridgehead atoms. The number of carbonyl (C=O) groups is 1. The number of anilines is 2. The number of nitro groups is 1. The highest BCUT2D eigenvalue weighted by atomic mass is 16.6. The van der Waals surface area contributed by atoms with Crippen LogP contribution in [-0.4, -0.2) is 43.5 Å². The van der Waals surface area contributed by atoms with E-state index < -0.39 is 11.0 Å². The van der Waals surface area contributed by atoms with Gasteiger partial charge >= 0.3 is 6.03 Å². The zero-order valence-corrected chi connectivity index (χ0v) is 15.4. The van der Waals surface area contributed by atoms with Crippen molar-refractivity contribution < 1.29 is 14.5 Å². The van der Waals surface area contributed by atoms with Crippen molar-refractivity contribution in [2.24, 2.45) is 5.10 Å². The van der Waals surface area contributed by atoms with E-state index in [1.54, 1.807) is 18.2 Å². The van der Waals surface area contributed by atoms with E-state index in [2.05, 4.69) is 15.8 Å². The van der Waals surface area contributed by atoms with Crippen LogP contribution in [-0.2, 0) is 4.74 Å². The van der Waals surface area contributed by atoms with Crippen LogP contribution in [0.25, 0.3) is 0 Å². The number of hydrogen-bond donors (Lipinski definition) is 2. The van der Waals surface area contributed by atoms with Gasteiger partial charge in [0.1, 0.15) is 5.69 Å². The molecule has 28 heavy (non-hydrogen) atoms. The Balaban J connectivity index is 1.66. The molecule has 0 saturated carbocycles. The van der Waals surface area contributed by atoms with Gasteiger partial charge in [0.2, 0.25) is 0 Å². The van der Waals surface area contributed by atoms with Gasteiger partial charge in [0.15, 0.2) is 0 Å². The first kappa shape index (κ1) is 19.3. The van der Waals surface area contributed by atoms with Crippen molar-refractivity contribution in [1.29, 1.82) is 0 Å². The van der Waals surface area contributed by atoms with Gasteiger partial charge in [-0.15, -0.1) is 0 Å². The molecule has 2 amide bonds. The standard InChI is InChI=1S/C19H21N5O4/c1-14-4-2-3-5-16(14)21-19(25)22-20-13-15-6-7-17(18(12-15)24(26)27)23-8-10-28-11-9-23/h2-7,12-13H,8-11H2,1H3,(H2,21,22,25). The molecule has 1 aliphatic rings. The number of nitrogens with one attached hydrogen (secondary N) is 2. The molecule has 0 unspecified atom stereocenters. The summed E-state index contributed by atoms with van der Waals surface area (Å²) in [4.78, 5) is 24.9. The summed E-state index contributed by atoms with van der Waals surface area (Å²) in [6.45, 7) is 4.18. The van der Waals surface area contributed by atoms with Gasteiger partial charge in [0, 0.05) is 30.4 Å². The van der Waals surface area contributed by atoms with Crippen LogP contribution in [0.5, 0.6) is 0 Å². The molecule has 146 valence electrons. The Hall–Kier alpha value is -3.46. The number of para-hydroxylation sites is 1. The maximum absolute atomic E-state index is 11.9. The SMILES string of the molecule is Cc1ccccc1NC(=O)NN=Cc1ccc(N2CCOCC2)c([N+](=O)[O-])c1. The third-order valence-corrected chi connectivity index (χ3v) is 4.32. The molecule has 3 rings (SSSR count). The summed E-state index contributed by atoms with van der Waals surface area (Å²) < 4.78 is 5.29. The summed E-state index contributed by atoms with van der Waals surface area (Å²) in [5.41, 5.74) is 5.03. The summed E-state index contributed by atoms with van der Waals surface area (Å²) in [6.07, 6.45) is 1.37. The average Bonchev–Trinajstić information content (AvgIpc) is 2.70. The monoisotopic (exact) mass is 383 g/mol. The van der Waals surface area contributed by atoms with E-state index in [1.807, 2.05) is 30.0 Å². The van der Waals surface area contributed by atoms with Crippen LogP contribution in [0.4, 0.5) is 21.9 Å². The van der Waals surface area contributed by atoms with Gasteiger partial charge in [0.25, 0.3) is 5.69 Å². The number of carbonyl (C=O) groups excluding carboxylic acids is 1. The normalized spacial score (nSPS) is 14.1. The number of ether oxygens (including phenoxy) is 1. The van der Waals surface area contributed by atoms with Gasteiger partial charge in [-0.25, -0.2) is 10.2 Å². The molecular formula is C19H21N5O4. The van der Waals surface area contributed by atoms with Gasteiger partial charge in [-0.3, -0.25) is 10.1 Å². The molecule has 0 aromatic heterocycles.